The molecule has 0 aliphatic heterocycles. The Morgan fingerprint density at radius 3 is 2.45 bits per heavy atom. The third kappa shape index (κ3) is 5.94. The van der Waals surface area contributed by atoms with E-state index >= 15 is 0 Å². The van der Waals surface area contributed by atoms with Gasteiger partial charge in [0, 0.05) is 13.1 Å². The molecular weight excluding hydrogens is 260 g/mol. The van der Waals surface area contributed by atoms with Crippen molar-refractivity contribution in [2.45, 2.75) is 19.4 Å². The molecule has 0 heterocycles. The lowest BCUT2D eigenvalue weighted by molar-refractivity contribution is 0.234. The van der Waals surface area contributed by atoms with Gasteiger partial charge in [-0.3, -0.25) is 0 Å². The Hall–Kier alpha value is -2.44. The molecule has 6 N–H and O–H groups in total. The Balaban J connectivity index is 2.63. The van der Waals surface area contributed by atoms with Crippen LogP contribution in [0.3, 0.4) is 0 Å². The molecule has 0 fully saturated rings. The van der Waals surface area contributed by atoms with E-state index in [-0.39, 0.29) is 24.4 Å². The maximum Gasteiger partial charge on any atom is 0.315 e. The molecule has 0 saturated carbocycles. The number of carbonyl (C=O) groups is 2. The Kier molecular flexibility index (Phi) is 6.15. The summed E-state index contributed by atoms with van der Waals surface area (Å²) in [5.74, 6) is 0.178. The van der Waals surface area contributed by atoms with E-state index in [9.17, 15) is 14.7 Å². The van der Waals surface area contributed by atoms with Gasteiger partial charge in [-0.15, -0.1) is 0 Å². The van der Waals surface area contributed by atoms with E-state index in [1.165, 1.54) is 0 Å². The van der Waals surface area contributed by atoms with Crippen molar-refractivity contribution in [3.8, 4) is 5.75 Å². The van der Waals surface area contributed by atoms with E-state index in [0.29, 0.717) is 13.0 Å². The summed E-state index contributed by atoms with van der Waals surface area (Å²) in [5.41, 5.74) is 5.96. The quantitative estimate of drug-likeness (QED) is 0.515. The molecule has 110 valence electrons. The number of carbonyl (C=O) groups excluding carboxylic acids is 2. The third-order valence-corrected chi connectivity index (χ3v) is 2.61. The van der Waals surface area contributed by atoms with Crippen molar-refractivity contribution < 1.29 is 14.7 Å². The van der Waals surface area contributed by atoms with Gasteiger partial charge in [0.2, 0.25) is 0 Å². The number of primary amides is 1. The summed E-state index contributed by atoms with van der Waals surface area (Å²) in [6.45, 7) is 2.56. The van der Waals surface area contributed by atoms with Crippen molar-refractivity contribution in [2.75, 3.05) is 13.1 Å². The molecule has 0 aromatic heterocycles. The van der Waals surface area contributed by atoms with E-state index in [4.69, 9.17) is 5.73 Å². The summed E-state index contributed by atoms with van der Waals surface area (Å²) in [5, 5.41) is 17.1. The van der Waals surface area contributed by atoms with Crippen molar-refractivity contribution in [3.05, 3.63) is 29.8 Å². The zero-order valence-electron chi connectivity index (χ0n) is 11.3. The zero-order chi connectivity index (χ0) is 15.0. The lowest BCUT2D eigenvalue weighted by Gasteiger charge is -2.19. The van der Waals surface area contributed by atoms with Crippen LogP contribution in [-0.2, 0) is 6.42 Å². The van der Waals surface area contributed by atoms with Crippen LogP contribution in [-0.4, -0.2) is 36.3 Å². The number of urea groups is 2. The van der Waals surface area contributed by atoms with E-state index < -0.39 is 6.03 Å². The Morgan fingerprint density at radius 2 is 1.90 bits per heavy atom. The third-order valence-electron chi connectivity index (χ3n) is 2.61. The van der Waals surface area contributed by atoms with Crippen LogP contribution >= 0.6 is 0 Å². The summed E-state index contributed by atoms with van der Waals surface area (Å²) >= 11 is 0. The molecule has 0 unspecified atom stereocenters. The maximum absolute atomic E-state index is 11.5. The fourth-order valence-electron chi connectivity index (χ4n) is 1.71. The van der Waals surface area contributed by atoms with E-state index in [1.807, 2.05) is 6.92 Å². The molecule has 1 aromatic carbocycles. The first-order valence-electron chi connectivity index (χ1n) is 6.36. The van der Waals surface area contributed by atoms with Gasteiger partial charge in [0.1, 0.15) is 5.75 Å². The lowest BCUT2D eigenvalue weighted by atomic mass is 10.1. The van der Waals surface area contributed by atoms with Gasteiger partial charge in [0.25, 0.3) is 0 Å². The number of benzene rings is 1. The molecule has 0 bridgehead atoms. The number of phenols is 1. The van der Waals surface area contributed by atoms with Crippen LogP contribution in [0.15, 0.2) is 24.3 Å². The van der Waals surface area contributed by atoms with Crippen molar-refractivity contribution in [2.24, 2.45) is 5.73 Å². The summed E-state index contributed by atoms with van der Waals surface area (Å²) in [6, 6.07) is 5.41. The minimum Gasteiger partial charge on any atom is -0.508 e. The second-order valence-corrected chi connectivity index (χ2v) is 4.32. The minimum absolute atomic E-state index is 0.178. The second kappa shape index (κ2) is 7.88. The van der Waals surface area contributed by atoms with Crippen LogP contribution in [0, 0.1) is 0 Å². The highest BCUT2D eigenvalue weighted by atomic mass is 16.3. The van der Waals surface area contributed by atoms with Crippen molar-refractivity contribution >= 4 is 12.1 Å². The molecule has 1 atom stereocenters. The van der Waals surface area contributed by atoms with Gasteiger partial charge in [-0.1, -0.05) is 12.1 Å². The fraction of sp³-hybridized carbons (Fsp3) is 0.385. The van der Waals surface area contributed by atoms with Crippen LogP contribution < -0.4 is 21.7 Å². The first-order chi connectivity index (χ1) is 9.51. The number of rotatable bonds is 6. The number of hydrogen-bond donors (Lipinski definition) is 5. The molecule has 7 heteroatoms. The highest BCUT2D eigenvalue weighted by Gasteiger charge is 2.13. The number of hydrogen-bond acceptors (Lipinski definition) is 3. The first-order valence-corrected chi connectivity index (χ1v) is 6.36. The number of aromatic hydroxyl groups is 1. The summed E-state index contributed by atoms with van der Waals surface area (Å²) in [7, 11) is 0. The molecule has 7 nitrogen and oxygen atoms in total. The van der Waals surface area contributed by atoms with Crippen LogP contribution in [0.4, 0.5) is 9.59 Å². The molecule has 0 spiro atoms. The summed E-state index contributed by atoms with van der Waals surface area (Å²) in [4.78, 5) is 22.3. The van der Waals surface area contributed by atoms with Gasteiger partial charge in [0.15, 0.2) is 0 Å². The molecule has 20 heavy (non-hydrogen) atoms. The van der Waals surface area contributed by atoms with Crippen molar-refractivity contribution in [1.29, 1.82) is 0 Å². The maximum atomic E-state index is 11.5. The Morgan fingerprint density at radius 1 is 1.25 bits per heavy atom. The fourth-order valence-corrected chi connectivity index (χ4v) is 1.71. The molecule has 0 aliphatic rings. The number of nitrogens with two attached hydrogens (primary N) is 1. The highest BCUT2D eigenvalue weighted by molar-refractivity contribution is 5.74. The first kappa shape index (κ1) is 15.6. The monoisotopic (exact) mass is 280 g/mol. The van der Waals surface area contributed by atoms with E-state index in [2.05, 4.69) is 16.0 Å². The highest BCUT2D eigenvalue weighted by Crippen LogP contribution is 2.11. The SMILES string of the molecule is CCNC(=O)N[C@H](CNC(N)=O)Cc1ccc(O)cc1. The Bertz CT molecular complexity index is 447. The van der Waals surface area contributed by atoms with Gasteiger partial charge in [-0.2, -0.15) is 0 Å². The van der Waals surface area contributed by atoms with Crippen LogP contribution in [0.2, 0.25) is 0 Å². The van der Waals surface area contributed by atoms with E-state index in [0.717, 1.165) is 5.56 Å². The normalized spacial score (nSPS) is 11.4. The molecule has 1 aromatic rings. The second-order valence-electron chi connectivity index (χ2n) is 4.32. The average molecular weight is 280 g/mol. The number of nitrogens with one attached hydrogen (secondary N) is 3. The van der Waals surface area contributed by atoms with Crippen LogP contribution in [0.25, 0.3) is 0 Å². The predicted octanol–water partition coefficient (Wildman–Crippen LogP) is 0.291. The van der Waals surface area contributed by atoms with Crippen LogP contribution in [0.5, 0.6) is 5.75 Å². The Labute approximate surface area is 117 Å². The molecular formula is C13H20N4O3. The van der Waals surface area contributed by atoms with E-state index in [1.54, 1.807) is 24.3 Å². The minimum atomic E-state index is -0.640. The number of amides is 4. The average Bonchev–Trinajstić information content (AvgIpc) is 2.39. The molecule has 0 saturated heterocycles. The lowest BCUT2D eigenvalue weighted by Crippen LogP contribution is -2.49. The van der Waals surface area contributed by atoms with Gasteiger partial charge in [-0.25, -0.2) is 9.59 Å². The summed E-state index contributed by atoms with van der Waals surface area (Å²) < 4.78 is 0. The smallest absolute Gasteiger partial charge is 0.315 e. The topological polar surface area (TPSA) is 116 Å². The van der Waals surface area contributed by atoms with Gasteiger partial charge < -0.3 is 26.8 Å². The standard InChI is InChI=1S/C13H20N4O3/c1-2-15-13(20)17-10(8-16-12(14)19)7-9-3-5-11(18)6-4-9/h3-6,10,18H,2,7-8H2,1H3,(H3,14,16,19)(H2,15,17,20)/t10-/m0/s1. The van der Waals surface area contributed by atoms with Gasteiger partial charge in [0.05, 0.1) is 6.04 Å². The van der Waals surface area contributed by atoms with Gasteiger partial charge in [-0.05, 0) is 31.0 Å². The summed E-state index contributed by atoms with van der Waals surface area (Å²) in [6.07, 6.45) is 0.512. The molecule has 1 rings (SSSR count). The number of phenolic OH excluding ortho intramolecular Hbond substituents is 1. The van der Waals surface area contributed by atoms with Crippen molar-refractivity contribution in [1.82, 2.24) is 16.0 Å². The molecule has 0 aliphatic carbocycles. The zero-order valence-corrected chi connectivity index (χ0v) is 11.3. The van der Waals surface area contributed by atoms with Gasteiger partial charge >= 0.3 is 12.1 Å². The van der Waals surface area contributed by atoms with Crippen LogP contribution in [0.1, 0.15) is 12.5 Å². The predicted molar refractivity (Wildman–Crippen MR) is 75.4 cm³/mol. The molecule has 4 amide bonds. The largest absolute Gasteiger partial charge is 0.508 e. The van der Waals surface area contributed by atoms with Crippen molar-refractivity contribution in [3.63, 3.8) is 0 Å². The molecule has 0 radical (unpaired) electrons.